The van der Waals surface area contributed by atoms with Crippen molar-refractivity contribution < 1.29 is 4.39 Å². The van der Waals surface area contributed by atoms with E-state index in [0.29, 0.717) is 13.0 Å². The Labute approximate surface area is 148 Å². The lowest BCUT2D eigenvalue weighted by molar-refractivity contribution is 0.290. The molecule has 2 aromatic rings. The minimum absolute atomic E-state index is 0.596. The van der Waals surface area contributed by atoms with Crippen molar-refractivity contribution in [1.82, 2.24) is 15.1 Å². The van der Waals surface area contributed by atoms with Gasteiger partial charge in [0.15, 0.2) is 0 Å². The molecule has 0 spiro atoms. The van der Waals surface area contributed by atoms with E-state index < -0.39 is 6.17 Å². The summed E-state index contributed by atoms with van der Waals surface area (Å²) >= 11 is 0. The number of fused-ring (bicyclic) bond motifs is 1. The molecule has 1 aliphatic heterocycles. The fourth-order valence-electron chi connectivity index (χ4n) is 4.04. The van der Waals surface area contributed by atoms with Gasteiger partial charge in [-0.15, -0.1) is 0 Å². The first-order chi connectivity index (χ1) is 12.2. The Morgan fingerprint density at radius 2 is 2.20 bits per heavy atom. The molecule has 0 N–H and O–H groups in total. The summed E-state index contributed by atoms with van der Waals surface area (Å²) in [6.45, 7) is 4.58. The lowest BCUT2D eigenvalue weighted by atomic mass is 9.98. The highest BCUT2D eigenvalue weighted by Crippen LogP contribution is 2.37. The molecule has 3 nitrogen and oxygen atoms in total. The zero-order valence-corrected chi connectivity index (χ0v) is 14.7. The highest BCUT2D eigenvalue weighted by atomic mass is 19.1. The van der Waals surface area contributed by atoms with Gasteiger partial charge in [-0.3, -0.25) is 0 Å². The molecule has 2 aliphatic rings. The lowest BCUT2D eigenvalue weighted by Gasteiger charge is -2.16. The van der Waals surface area contributed by atoms with Crippen LogP contribution in [0.2, 0.25) is 0 Å². The third-order valence-electron chi connectivity index (χ3n) is 5.35. The van der Waals surface area contributed by atoms with Crippen molar-refractivity contribution in [3.63, 3.8) is 0 Å². The first kappa shape index (κ1) is 16.4. The van der Waals surface area contributed by atoms with Gasteiger partial charge in [-0.05, 0) is 55.0 Å². The van der Waals surface area contributed by atoms with Crippen LogP contribution in [0.15, 0.2) is 42.1 Å². The number of aromatic nitrogens is 2. The summed E-state index contributed by atoms with van der Waals surface area (Å²) in [5.41, 5.74) is 7.96. The normalized spacial score (nSPS) is 20.3. The molecular formula is C21H24FN3. The highest BCUT2D eigenvalue weighted by Gasteiger charge is 2.25. The number of hydrogen-bond acceptors (Lipinski definition) is 3. The van der Waals surface area contributed by atoms with E-state index in [2.05, 4.69) is 40.2 Å². The Kier molecular flexibility index (Phi) is 4.62. The van der Waals surface area contributed by atoms with Gasteiger partial charge in [0.05, 0.1) is 5.69 Å². The van der Waals surface area contributed by atoms with Crippen LogP contribution in [-0.4, -0.2) is 40.9 Å². The SMILES string of the molecule is Cc1ccc2c(c1)CC(CCN1CCC(F)C1)=C2Cc1cccnn1. The quantitative estimate of drug-likeness (QED) is 0.832. The van der Waals surface area contributed by atoms with Crippen LogP contribution < -0.4 is 0 Å². The number of benzene rings is 1. The van der Waals surface area contributed by atoms with Crippen molar-refractivity contribution in [2.75, 3.05) is 19.6 Å². The molecule has 1 saturated heterocycles. The van der Waals surface area contributed by atoms with E-state index in [9.17, 15) is 4.39 Å². The van der Waals surface area contributed by atoms with Gasteiger partial charge in [-0.2, -0.15) is 10.2 Å². The van der Waals surface area contributed by atoms with Gasteiger partial charge in [0, 0.05) is 32.3 Å². The van der Waals surface area contributed by atoms with E-state index in [1.807, 2.05) is 12.1 Å². The lowest BCUT2D eigenvalue weighted by Crippen LogP contribution is -2.22. The zero-order valence-electron chi connectivity index (χ0n) is 14.7. The van der Waals surface area contributed by atoms with E-state index >= 15 is 0 Å². The van der Waals surface area contributed by atoms with Crippen LogP contribution in [0.25, 0.3) is 5.57 Å². The molecule has 1 aliphatic carbocycles. The number of halogens is 1. The van der Waals surface area contributed by atoms with Gasteiger partial charge in [0.25, 0.3) is 0 Å². The summed E-state index contributed by atoms with van der Waals surface area (Å²) in [6.07, 6.45) is 4.60. The second kappa shape index (κ2) is 7.04. The summed E-state index contributed by atoms with van der Waals surface area (Å²) in [5, 5.41) is 8.29. The maximum Gasteiger partial charge on any atom is 0.114 e. The molecule has 0 bridgehead atoms. The van der Waals surface area contributed by atoms with Crippen molar-refractivity contribution in [3.8, 4) is 0 Å². The van der Waals surface area contributed by atoms with Crippen LogP contribution in [0.5, 0.6) is 0 Å². The minimum Gasteiger partial charge on any atom is -0.300 e. The molecule has 1 aromatic carbocycles. The first-order valence-electron chi connectivity index (χ1n) is 9.13. The van der Waals surface area contributed by atoms with Crippen LogP contribution in [0, 0.1) is 6.92 Å². The second-order valence-electron chi connectivity index (χ2n) is 7.25. The van der Waals surface area contributed by atoms with Crippen LogP contribution in [0.1, 0.15) is 35.2 Å². The van der Waals surface area contributed by atoms with Crippen molar-refractivity contribution >= 4 is 5.57 Å². The van der Waals surface area contributed by atoms with Crippen LogP contribution in [0.4, 0.5) is 4.39 Å². The molecular weight excluding hydrogens is 313 g/mol. The highest BCUT2D eigenvalue weighted by molar-refractivity contribution is 5.77. The van der Waals surface area contributed by atoms with Crippen LogP contribution in [-0.2, 0) is 12.8 Å². The van der Waals surface area contributed by atoms with E-state index in [0.717, 1.165) is 38.0 Å². The van der Waals surface area contributed by atoms with Gasteiger partial charge in [0.2, 0.25) is 0 Å². The molecule has 4 rings (SSSR count). The summed E-state index contributed by atoms with van der Waals surface area (Å²) < 4.78 is 13.4. The van der Waals surface area contributed by atoms with Gasteiger partial charge in [-0.25, -0.2) is 4.39 Å². The summed E-state index contributed by atoms with van der Waals surface area (Å²) in [5.74, 6) is 0. The third-order valence-corrected chi connectivity index (χ3v) is 5.35. The monoisotopic (exact) mass is 337 g/mol. The second-order valence-corrected chi connectivity index (χ2v) is 7.25. The Balaban J connectivity index is 1.57. The molecule has 0 amide bonds. The Morgan fingerprint density at radius 3 is 2.96 bits per heavy atom. The molecule has 2 heterocycles. The maximum absolute atomic E-state index is 13.4. The average molecular weight is 337 g/mol. The molecule has 0 radical (unpaired) electrons. The topological polar surface area (TPSA) is 29.0 Å². The Hall–Kier alpha value is -2.07. The molecule has 0 saturated carbocycles. The summed E-state index contributed by atoms with van der Waals surface area (Å²) in [6, 6.07) is 10.7. The number of alkyl halides is 1. The van der Waals surface area contributed by atoms with E-state index in [4.69, 9.17) is 0 Å². The summed E-state index contributed by atoms with van der Waals surface area (Å²) in [7, 11) is 0. The number of aryl methyl sites for hydroxylation is 1. The number of nitrogens with zero attached hydrogens (tertiary/aromatic N) is 3. The first-order valence-corrected chi connectivity index (χ1v) is 9.13. The van der Waals surface area contributed by atoms with E-state index in [1.54, 1.807) is 6.20 Å². The van der Waals surface area contributed by atoms with Gasteiger partial charge >= 0.3 is 0 Å². The fraction of sp³-hybridized carbons (Fsp3) is 0.429. The Bertz CT molecular complexity index is 785. The summed E-state index contributed by atoms with van der Waals surface area (Å²) in [4.78, 5) is 2.26. The van der Waals surface area contributed by atoms with Crippen molar-refractivity contribution in [2.24, 2.45) is 0 Å². The minimum atomic E-state index is -0.642. The number of allylic oxidation sites excluding steroid dienone is 1. The number of hydrogen-bond donors (Lipinski definition) is 0. The molecule has 4 heteroatoms. The molecule has 130 valence electrons. The fourth-order valence-corrected chi connectivity index (χ4v) is 4.04. The maximum atomic E-state index is 13.4. The largest absolute Gasteiger partial charge is 0.300 e. The molecule has 1 fully saturated rings. The zero-order chi connectivity index (χ0) is 17.2. The average Bonchev–Trinajstić information content (AvgIpc) is 3.17. The van der Waals surface area contributed by atoms with Crippen molar-refractivity contribution in [2.45, 2.75) is 38.8 Å². The molecule has 1 unspecified atom stereocenters. The Morgan fingerprint density at radius 1 is 1.28 bits per heavy atom. The van der Waals surface area contributed by atoms with E-state index in [-0.39, 0.29) is 0 Å². The van der Waals surface area contributed by atoms with Crippen molar-refractivity contribution in [1.29, 1.82) is 0 Å². The number of likely N-dealkylation sites (tertiary alicyclic amines) is 1. The van der Waals surface area contributed by atoms with Gasteiger partial charge in [0.1, 0.15) is 6.17 Å². The van der Waals surface area contributed by atoms with Crippen molar-refractivity contribution in [3.05, 3.63) is 64.5 Å². The van der Waals surface area contributed by atoms with E-state index in [1.165, 1.54) is 27.8 Å². The van der Waals surface area contributed by atoms with Crippen LogP contribution in [0.3, 0.4) is 0 Å². The molecule has 1 atom stereocenters. The van der Waals surface area contributed by atoms with Gasteiger partial charge < -0.3 is 4.90 Å². The standard InChI is InChI=1S/C21H24FN3/c1-15-4-5-20-17(11-15)12-16(6-9-25-10-7-18(22)14-25)21(20)13-19-3-2-8-23-24-19/h2-5,8,11,18H,6-7,9-10,12-14H2,1H3. The van der Waals surface area contributed by atoms with Crippen LogP contribution >= 0.6 is 0 Å². The predicted molar refractivity (Wildman–Crippen MR) is 98.1 cm³/mol. The third kappa shape index (κ3) is 3.64. The molecule has 1 aromatic heterocycles. The van der Waals surface area contributed by atoms with Gasteiger partial charge in [-0.1, -0.05) is 29.3 Å². The number of rotatable bonds is 5. The predicted octanol–water partition coefficient (Wildman–Crippen LogP) is 3.77. The smallest absolute Gasteiger partial charge is 0.114 e. The molecule has 25 heavy (non-hydrogen) atoms.